The predicted octanol–water partition coefficient (Wildman–Crippen LogP) is 3.91. The Morgan fingerprint density at radius 2 is 2.11 bits per heavy atom. The van der Waals surface area contributed by atoms with Crippen LogP contribution in [0.3, 0.4) is 0 Å². The second-order valence-electron chi connectivity index (χ2n) is 6.44. The molecule has 3 nitrogen and oxygen atoms in total. The molecule has 0 aliphatic heterocycles. The van der Waals surface area contributed by atoms with Gasteiger partial charge in [-0.25, -0.2) is 0 Å². The van der Waals surface area contributed by atoms with Crippen LogP contribution in [-0.4, -0.2) is 11.1 Å². The quantitative estimate of drug-likeness (QED) is 0.865. The van der Waals surface area contributed by atoms with Crippen LogP contribution >= 0.6 is 0 Å². The lowest BCUT2D eigenvalue weighted by molar-refractivity contribution is -0.144. The van der Waals surface area contributed by atoms with Crippen LogP contribution in [0.2, 0.25) is 0 Å². The van der Waals surface area contributed by atoms with Gasteiger partial charge in [-0.1, -0.05) is 20.8 Å². The van der Waals surface area contributed by atoms with Crippen LogP contribution < -0.4 is 0 Å². The zero-order valence-corrected chi connectivity index (χ0v) is 11.3. The normalized spacial score (nSPS) is 29.2. The molecular weight excluding hydrogens is 228 g/mol. The van der Waals surface area contributed by atoms with Gasteiger partial charge < -0.3 is 9.52 Å². The molecular formula is C15H22O3. The van der Waals surface area contributed by atoms with E-state index in [1.807, 2.05) is 12.1 Å². The van der Waals surface area contributed by atoms with Crippen LogP contribution in [0.5, 0.6) is 0 Å². The van der Waals surface area contributed by atoms with E-state index in [2.05, 4.69) is 20.8 Å². The zero-order chi connectivity index (χ0) is 13.3. The topological polar surface area (TPSA) is 50.4 Å². The van der Waals surface area contributed by atoms with Gasteiger partial charge >= 0.3 is 5.97 Å². The molecule has 1 saturated carbocycles. The Balaban J connectivity index is 2.22. The van der Waals surface area contributed by atoms with Gasteiger partial charge in [0.05, 0.1) is 12.2 Å². The molecule has 3 heteroatoms. The highest BCUT2D eigenvalue weighted by Crippen LogP contribution is 2.46. The highest BCUT2D eigenvalue weighted by atomic mass is 16.4. The van der Waals surface area contributed by atoms with Crippen molar-refractivity contribution in [3.8, 4) is 0 Å². The molecule has 1 aromatic heterocycles. The molecule has 100 valence electrons. The van der Waals surface area contributed by atoms with E-state index in [0.29, 0.717) is 5.92 Å². The van der Waals surface area contributed by atoms with Gasteiger partial charge in [-0.2, -0.15) is 0 Å². The van der Waals surface area contributed by atoms with Crippen molar-refractivity contribution < 1.29 is 14.3 Å². The van der Waals surface area contributed by atoms with Gasteiger partial charge in [0.1, 0.15) is 5.76 Å². The average molecular weight is 250 g/mol. The van der Waals surface area contributed by atoms with Gasteiger partial charge in [0.2, 0.25) is 0 Å². The maximum Gasteiger partial charge on any atom is 0.307 e. The monoisotopic (exact) mass is 250 g/mol. The van der Waals surface area contributed by atoms with Gasteiger partial charge in [0.25, 0.3) is 0 Å². The molecule has 1 aliphatic rings. The van der Waals surface area contributed by atoms with Crippen molar-refractivity contribution >= 4 is 5.97 Å². The number of carboxylic acids is 1. The third-order valence-electron chi connectivity index (χ3n) is 4.30. The first-order chi connectivity index (χ1) is 8.39. The fourth-order valence-electron chi connectivity index (χ4n) is 3.07. The molecule has 2 rings (SSSR count). The number of carboxylic acid groups (broad SMARTS) is 1. The van der Waals surface area contributed by atoms with Crippen molar-refractivity contribution in [1.29, 1.82) is 0 Å². The number of aliphatic carboxylic acids is 1. The molecule has 3 unspecified atom stereocenters. The molecule has 18 heavy (non-hydrogen) atoms. The van der Waals surface area contributed by atoms with E-state index in [1.54, 1.807) is 6.26 Å². The number of carbonyl (C=O) groups is 1. The van der Waals surface area contributed by atoms with E-state index >= 15 is 0 Å². The number of rotatable bonds is 2. The van der Waals surface area contributed by atoms with Crippen molar-refractivity contribution in [1.82, 2.24) is 0 Å². The Hall–Kier alpha value is -1.25. The second kappa shape index (κ2) is 4.79. The van der Waals surface area contributed by atoms with Gasteiger partial charge in [-0.15, -0.1) is 0 Å². The third kappa shape index (κ3) is 2.60. The van der Waals surface area contributed by atoms with Gasteiger partial charge in [-0.3, -0.25) is 4.79 Å². The predicted molar refractivity (Wildman–Crippen MR) is 69.4 cm³/mol. The molecule has 0 radical (unpaired) electrons. The molecule has 1 aromatic rings. The Labute approximate surface area is 108 Å². The van der Waals surface area contributed by atoms with Gasteiger partial charge in [0, 0.05) is 5.92 Å². The average Bonchev–Trinajstić information content (AvgIpc) is 2.80. The molecule has 1 aliphatic carbocycles. The van der Waals surface area contributed by atoms with E-state index in [1.165, 1.54) is 0 Å². The number of furan rings is 1. The lowest BCUT2D eigenvalue weighted by Gasteiger charge is -2.39. The van der Waals surface area contributed by atoms with Gasteiger partial charge in [-0.05, 0) is 42.7 Å². The first-order valence-corrected chi connectivity index (χ1v) is 6.66. The summed E-state index contributed by atoms with van der Waals surface area (Å²) < 4.78 is 5.45. The minimum absolute atomic E-state index is 0.0236. The van der Waals surface area contributed by atoms with Crippen molar-refractivity contribution in [3.05, 3.63) is 24.2 Å². The molecule has 1 fully saturated rings. The summed E-state index contributed by atoms with van der Waals surface area (Å²) in [6, 6.07) is 3.75. The maximum atomic E-state index is 11.4. The second-order valence-corrected chi connectivity index (χ2v) is 6.44. The lowest BCUT2D eigenvalue weighted by Crippen LogP contribution is -2.34. The minimum Gasteiger partial charge on any atom is -0.481 e. The first kappa shape index (κ1) is 13.2. The number of hydrogen-bond donors (Lipinski definition) is 1. The van der Waals surface area contributed by atoms with E-state index in [4.69, 9.17) is 4.42 Å². The molecule has 0 spiro atoms. The van der Waals surface area contributed by atoms with Crippen LogP contribution in [0.25, 0.3) is 0 Å². The summed E-state index contributed by atoms with van der Waals surface area (Å²) in [4.78, 5) is 11.4. The molecule has 0 amide bonds. The van der Waals surface area contributed by atoms with E-state index in [0.717, 1.165) is 25.0 Å². The summed E-state index contributed by atoms with van der Waals surface area (Å²) in [6.07, 6.45) is 4.29. The van der Waals surface area contributed by atoms with Crippen LogP contribution in [0.15, 0.2) is 22.8 Å². The van der Waals surface area contributed by atoms with Crippen molar-refractivity contribution in [2.75, 3.05) is 0 Å². The summed E-state index contributed by atoms with van der Waals surface area (Å²) in [5, 5.41) is 9.35. The molecule has 1 N–H and O–H groups in total. The third-order valence-corrected chi connectivity index (χ3v) is 4.30. The Bertz CT molecular complexity index is 400. The summed E-state index contributed by atoms with van der Waals surface area (Å²) in [6.45, 7) is 6.70. The highest BCUT2D eigenvalue weighted by molar-refractivity contribution is 5.71. The largest absolute Gasteiger partial charge is 0.481 e. The van der Waals surface area contributed by atoms with Crippen LogP contribution in [-0.2, 0) is 4.79 Å². The van der Waals surface area contributed by atoms with E-state index < -0.39 is 5.97 Å². The smallest absolute Gasteiger partial charge is 0.307 e. The summed E-state index contributed by atoms with van der Waals surface area (Å²) in [5.41, 5.74) is 0.230. The van der Waals surface area contributed by atoms with E-state index in [-0.39, 0.29) is 17.3 Å². The zero-order valence-electron chi connectivity index (χ0n) is 11.3. The fraction of sp³-hybridized carbons (Fsp3) is 0.667. The van der Waals surface area contributed by atoms with Gasteiger partial charge in [0.15, 0.2) is 0 Å². The molecule has 1 heterocycles. The molecule has 0 saturated heterocycles. The SMILES string of the molecule is CC(C)(C)C1CCC(C(=O)O)C(c2ccco2)C1. The summed E-state index contributed by atoms with van der Waals surface area (Å²) in [7, 11) is 0. The van der Waals surface area contributed by atoms with Crippen LogP contribution in [0, 0.1) is 17.3 Å². The Morgan fingerprint density at radius 1 is 1.39 bits per heavy atom. The first-order valence-electron chi connectivity index (χ1n) is 6.66. The van der Waals surface area contributed by atoms with Crippen LogP contribution in [0.4, 0.5) is 0 Å². The summed E-state index contributed by atoms with van der Waals surface area (Å²) in [5.74, 6) is 0.425. The van der Waals surface area contributed by atoms with Crippen molar-refractivity contribution in [3.63, 3.8) is 0 Å². The minimum atomic E-state index is -0.691. The molecule has 3 atom stereocenters. The van der Waals surface area contributed by atoms with Crippen molar-refractivity contribution in [2.45, 2.75) is 46.0 Å². The standard InChI is InChI=1S/C15H22O3/c1-15(2,3)10-6-7-11(14(16)17)12(9-10)13-5-4-8-18-13/h4-5,8,10-12H,6-7,9H2,1-3H3,(H,16,17). The van der Waals surface area contributed by atoms with E-state index in [9.17, 15) is 9.90 Å². The molecule has 0 aromatic carbocycles. The maximum absolute atomic E-state index is 11.4. The highest BCUT2D eigenvalue weighted by Gasteiger charge is 2.40. The van der Waals surface area contributed by atoms with Crippen LogP contribution in [0.1, 0.15) is 51.7 Å². The van der Waals surface area contributed by atoms with Crippen molar-refractivity contribution in [2.24, 2.45) is 17.3 Å². The number of hydrogen-bond acceptors (Lipinski definition) is 2. The summed E-state index contributed by atoms with van der Waals surface area (Å²) >= 11 is 0. The fourth-order valence-corrected chi connectivity index (χ4v) is 3.07. The lowest BCUT2D eigenvalue weighted by atomic mass is 9.65. The molecule has 0 bridgehead atoms. The Morgan fingerprint density at radius 3 is 2.61 bits per heavy atom. The Kier molecular flexibility index (Phi) is 3.51.